The summed E-state index contributed by atoms with van der Waals surface area (Å²) in [6.07, 6.45) is 0. The first-order chi connectivity index (χ1) is 16.9. The fourth-order valence-electron chi connectivity index (χ4n) is 3.96. The molecular weight excluding hydrogens is 500 g/mol. The largest absolute Gasteiger partial charge is 0.465 e. The van der Waals surface area contributed by atoms with E-state index >= 15 is 0 Å². The highest BCUT2D eigenvalue weighted by Crippen LogP contribution is 2.29. The Morgan fingerprint density at radius 3 is 2.19 bits per heavy atom. The van der Waals surface area contributed by atoms with Gasteiger partial charge in [-0.1, -0.05) is 35.9 Å². The summed E-state index contributed by atoms with van der Waals surface area (Å²) in [6.45, 7) is 8.82. The number of ether oxygens (including phenoxy) is 1. The van der Waals surface area contributed by atoms with Crippen LogP contribution in [0.5, 0.6) is 0 Å². The van der Waals surface area contributed by atoms with Gasteiger partial charge in [-0.25, -0.2) is 8.42 Å². The van der Waals surface area contributed by atoms with E-state index in [4.69, 9.17) is 16.3 Å². The third-order valence-electron chi connectivity index (χ3n) is 5.65. The first-order valence-corrected chi connectivity index (χ1v) is 13.2. The molecule has 9 heteroatoms. The summed E-state index contributed by atoms with van der Waals surface area (Å²) < 4.78 is 33.7. The van der Waals surface area contributed by atoms with Crippen molar-refractivity contribution in [1.29, 1.82) is 0 Å². The van der Waals surface area contributed by atoms with Gasteiger partial charge < -0.3 is 10.1 Å². The van der Waals surface area contributed by atoms with Gasteiger partial charge in [-0.2, -0.15) is 0 Å². The van der Waals surface area contributed by atoms with Gasteiger partial charge in [0.05, 0.1) is 11.5 Å². The van der Waals surface area contributed by atoms with Crippen LogP contribution in [-0.4, -0.2) is 33.4 Å². The van der Waals surface area contributed by atoms with Crippen molar-refractivity contribution in [2.24, 2.45) is 0 Å². The van der Waals surface area contributed by atoms with Crippen molar-refractivity contribution in [2.45, 2.75) is 39.5 Å². The highest BCUT2D eigenvalue weighted by molar-refractivity contribution is 7.92. The number of anilines is 1. The Bertz CT molecular complexity index is 1410. The number of halogens is 1. The maximum absolute atomic E-state index is 13.1. The predicted octanol–water partition coefficient (Wildman–Crippen LogP) is 5.33. The molecular formula is C27H29ClN2O5S. The first kappa shape index (κ1) is 27.2. The number of hydrogen-bond donors (Lipinski definition) is 2. The van der Waals surface area contributed by atoms with E-state index in [-0.39, 0.29) is 24.0 Å². The summed E-state index contributed by atoms with van der Waals surface area (Å²) in [7, 11) is -3.83. The SMILES string of the molecule is CCOC(=O)CNC(=O)c1c(C)cc(-c2cccc(NS(=O)(=O)c3cc(C)c(Cl)cc3C)c2)cc1C. The lowest BCUT2D eigenvalue weighted by atomic mass is 9.95. The molecule has 3 aromatic carbocycles. The van der Waals surface area contributed by atoms with E-state index in [1.807, 2.05) is 32.0 Å². The van der Waals surface area contributed by atoms with Crippen LogP contribution in [-0.2, 0) is 19.6 Å². The molecule has 0 fully saturated rings. The molecule has 0 bridgehead atoms. The third kappa shape index (κ3) is 6.25. The minimum Gasteiger partial charge on any atom is -0.465 e. The summed E-state index contributed by atoms with van der Waals surface area (Å²) in [5.74, 6) is -0.860. The highest BCUT2D eigenvalue weighted by atomic mass is 35.5. The molecule has 0 aliphatic heterocycles. The Balaban J connectivity index is 1.87. The van der Waals surface area contributed by atoms with Crippen LogP contribution < -0.4 is 10.0 Å². The van der Waals surface area contributed by atoms with Crippen molar-refractivity contribution < 1.29 is 22.7 Å². The molecule has 7 nitrogen and oxygen atoms in total. The van der Waals surface area contributed by atoms with Gasteiger partial charge in [-0.3, -0.25) is 14.3 Å². The highest BCUT2D eigenvalue weighted by Gasteiger charge is 2.19. The molecule has 0 saturated heterocycles. The molecule has 0 atom stereocenters. The Hall–Kier alpha value is -3.36. The zero-order valence-electron chi connectivity index (χ0n) is 20.9. The number of amides is 1. The average molecular weight is 529 g/mol. The molecule has 3 rings (SSSR count). The maximum Gasteiger partial charge on any atom is 0.325 e. The van der Waals surface area contributed by atoms with Crippen molar-refractivity contribution in [2.75, 3.05) is 17.9 Å². The second kappa shape index (κ2) is 11.1. The van der Waals surface area contributed by atoms with Crippen LogP contribution in [0.3, 0.4) is 0 Å². The van der Waals surface area contributed by atoms with Gasteiger partial charge in [0.25, 0.3) is 15.9 Å². The number of nitrogens with one attached hydrogen (secondary N) is 2. The molecule has 0 spiro atoms. The fraction of sp³-hybridized carbons (Fsp3) is 0.259. The molecule has 36 heavy (non-hydrogen) atoms. The van der Waals surface area contributed by atoms with Gasteiger partial charge in [-0.05, 0) is 92.3 Å². The second-order valence-corrected chi connectivity index (χ2v) is 10.6. The van der Waals surface area contributed by atoms with E-state index in [0.29, 0.717) is 27.4 Å². The molecule has 3 aromatic rings. The van der Waals surface area contributed by atoms with E-state index in [9.17, 15) is 18.0 Å². The van der Waals surface area contributed by atoms with Gasteiger partial charge in [0.2, 0.25) is 0 Å². The topological polar surface area (TPSA) is 102 Å². The number of sulfonamides is 1. The lowest BCUT2D eigenvalue weighted by Crippen LogP contribution is -2.31. The molecule has 0 unspecified atom stereocenters. The number of rotatable bonds is 8. The van der Waals surface area contributed by atoms with Crippen LogP contribution in [0.1, 0.15) is 39.5 Å². The van der Waals surface area contributed by atoms with Crippen molar-refractivity contribution in [1.82, 2.24) is 5.32 Å². The zero-order chi connectivity index (χ0) is 26.6. The Kier molecular flexibility index (Phi) is 8.43. The zero-order valence-corrected chi connectivity index (χ0v) is 22.4. The third-order valence-corrected chi connectivity index (χ3v) is 7.58. The van der Waals surface area contributed by atoms with Gasteiger partial charge in [-0.15, -0.1) is 0 Å². The quantitative estimate of drug-likeness (QED) is 0.384. The normalized spacial score (nSPS) is 11.2. The fourth-order valence-corrected chi connectivity index (χ4v) is 5.54. The Morgan fingerprint density at radius 2 is 1.56 bits per heavy atom. The van der Waals surface area contributed by atoms with E-state index in [0.717, 1.165) is 22.3 Å². The first-order valence-electron chi connectivity index (χ1n) is 11.4. The molecule has 0 saturated carbocycles. The smallest absolute Gasteiger partial charge is 0.325 e. The van der Waals surface area contributed by atoms with Crippen molar-refractivity contribution in [3.05, 3.63) is 81.4 Å². The lowest BCUT2D eigenvalue weighted by Gasteiger charge is -2.15. The van der Waals surface area contributed by atoms with Gasteiger partial charge in [0.1, 0.15) is 6.54 Å². The summed E-state index contributed by atoms with van der Waals surface area (Å²) >= 11 is 6.12. The minimum absolute atomic E-state index is 0.166. The van der Waals surface area contributed by atoms with Gasteiger partial charge in [0.15, 0.2) is 0 Å². The van der Waals surface area contributed by atoms with Crippen molar-refractivity contribution >= 4 is 39.2 Å². The number of carbonyl (C=O) groups is 2. The molecule has 190 valence electrons. The van der Waals surface area contributed by atoms with E-state index < -0.39 is 16.0 Å². The van der Waals surface area contributed by atoms with Crippen LogP contribution in [0.25, 0.3) is 11.1 Å². The van der Waals surface area contributed by atoms with Crippen molar-refractivity contribution in [3.63, 3.8) is 0 Å². The summed E-state index contributed by atoms with van der Waals surface area (Å²) in [5, 5.41) is 3.10. The van der Waals surface area contributed by atoms with Crippen LogP contribution in [0.4, 0.5) is 5.69 Å². The molecule has 0 aromatic heterocycles. The monoisotopic (exact) mass is 528 g/mol. The summed E-state index contributed by atoms with van der Waals surface area (Å²) in [4.78, 5) is 24.4. The Morgan fingerprint density at radius 1 is 0.889 bits per heavy atom. The number of benzene rings is 3. The predicted molar refractivity (Wildman–Crippen MR) is 142 cm³/mol. The molecule has 0 aliphatic carbocycles. The molecule has 0 heterocycles. The van der Waals surface area contributed by atoms with Crippen LogP contribution >= 0.6 is 11.6 Å². The number of carbonyl (C=O) groups excluding carboxylic acids is 2. The van der Waals surface area contributed by atoms with Crippen LogP contribution in [0, 0.1) is 27.7 Å². The molecule has 0 aliphatic rings. The van der Waals surface area contributed by atoms with Crippen molar-refractivity contribution in [3.8, 4) is 11.1 Å². The lowest BCUT2D eigenvalue weighted by molar-refractivity contribution is -0.141. The number of hydrogen-bond acceptors (Lipinski definition) is 5. The van der Waals surface area contributed by atoms with E-state index in [1.165, 1.54) is 0 Å². The number of aryl methyl sites for hydroxylation is 4. The maximum atomic E-state index is 13.1. The van der Waals surface area contributed by atoms with Crippen LogP contribution in [0.2, 0.25) is 5.02 Å². The summed E-state index contributed by atoms with van der Waals surface area (Å²) in [6, 6.07) is 13.9. The summed E-state index contributed by atoms with van der Waals surface area (Å²) in [5.41, 5.74) is 5.18. The van der Waals surface area contributed by atoms with Gasteiger partial charge in [0, 0.05) is 16.3 Å². The minimum atomic E-state index is -3.83. The second-order valence-electron chi connectivity index (χ2n) is 8.53. The molecule has 2 N–H and O–H groups in total. The van der Waals surface area contributed by atoms with Gasteiger partial charge >= 0.3 is 5.97 Å². The number of esters is 1. The molecule has 0 radical (unpaired) electrons. The van der Waals surface area contributed by atoms with Crippen LogP contribution in [0.15, 0.2) is 53.4 Å². The average Bonchev–Trinajstić information content (AvgIpc) is 2.79. The van der Waals surface area contributed by atoms with E-state index in [1.54, 1.807) is 51.1 Å². The van der Waals surface area contributed by atoms with E-state index in [2.05, 4.69) is 10.0 Å². The Labute approximate surface area is 216 Å². The standard InChI is InChI=1S/C27H29ClN2O5S/c1-6-35-25(31)15-29-27(32)26-18(4)10-21(11-19(26)5)20-8-7-9-22(14-20)30-36(33,34)24-13-16(2)23(28)12-17(24)3/h7-14,30H,6,15H2,1-5H3,(H,29,32). The molecule has 1 amide bonds.